The summed E-state index contributed by atoms with van der Waals surface area (Å²) in [6.07, 6.45) is 2.59. The molecule has 2 amide bonds. The second-order valence-corrected chi connectivity index (χ2v) is 5.81. The van der Waals surface area contributed by atoms with Crippen LogP contribution in [-0.2, 0) is 9.59 Å². The van der Waals surface area contributed by atoms with Crippen LogP contribution in [0.25, 0.3) is 0 Å². The van der Waals surface area contributed by atoms with Crippen molar-refractivity contribution in [2.24, 2.45) is 0 Å². The third-order valence-electron chi connectivity index (χ3n) is 4.15. The van der Waals surface area contributed by atoms with Crippen LogP contribution >= 0.6 is 0 Å². The first-order valence-corrected chi connectivity index (χ1v) is 7.60. The van der Waals surface area contributed by atoms with Crippen LogP contribution in [0.1, 0.15) is 48.4 Å². The highest BCUT2D eigenvalue weighted by Crippen LogP contribution is 2.22. The summed E-state index contributed by atoms with van der Waals surface area (Å²) >= 11 is 0. The number of rotatable bonds is 4. The number of carbonyl (C=O) groups excluding carboxylic acids is 2. The maximum absolute atomic E-state index is 12.1. The van der Waals surface area contributed by atoms with Crippen molar-refractivity contribution in [1.82, 2.24) is 10.2 Å². The molecule has 0 saturated carbocycles. The van der Waals surface area contributed by atoms with Crippen LogP contribution in [0.2, 0.25) is 0 Å². The van der Waals surface area contributed by atoms with Gasteiger partial charge in [0.05, 0.1) is 6.04 Å². The molecule has 0 radical (unpaired) electrons. The molecule has 0 bridgehead atoms. The third kappa shape index (κ3) is 3.70. The fourth-order valence-corrected chi connectivity index (χ4v) is 2.91. The van der Waals surface area contributed by atoms with E-state index in [9.17, 15) is 9.59 Å². The summed E-state index contributed by atoms with van der Waals surface area (Å²) in [6.45, 7) is 4.55. The molecular formula is C17H24N2O2. The van der Waals surface area contributed by atoms with Crippen LogP contribution in [0.15, 0.2) is 18.2 Å². The summed E-state index contributed by atoms with van der Waals surface area (Å²) < 4.78 is 0. The first kappa shape index (κ1) is 15.7. The monoisotopic (exact) mass is 288 g/mol. The molecule has 1 fully saturated rings. The number of benzene rings is 1. The van der Waals surface area contributed by atoms with E-state index >= 15 is 0 Å². The Morgan fingerprint density at radius 2 is 1.76 bits per heavy atom. The van der Waals surface area contributed by atoms with Gasteiger partial charge in [0.25, 0.3) is 0 Å². The maximum atomic E-state index is 12.1. The van der Waals surface area contributed by atoms with Gasteiger partial charge in [0, 0.05) is 19.4 Å². The highest BCUT2D eigenvalue weighted by atomic mass is 16.2. The average molecular weight is 288 g/mol. The minimum absolute atomic E-state index is 0.0170. The number of nitrogens with zero attached hydrogens (tertiary/aromatic N) is 1. The van der Waals surface area contributed by atoms with Crippen LogP contribution in [0.3, 0.4) is 0 Å². The first-order valence-electron chi connectivity index (χ1n) is 7.60. The third-order valence-corrected chi connectivity index (χ3v) is 4.15. The molecule has 1 aliphatic rings. The minimum Gasteiger partial charge on any atom is -0.312 e. The van der Waals surface area contributed by atoms with Crippen molar-refractivity contribution in [1.29, 1.82) is 0 Å². The van der Waals surface area contributed by atoms with Gasteiger partial charge in [-0.25, -0.2) is 0 Å². The second kappa shape index (κ2) is 6.85. The van der Waals surface area contributed by atoms with Gasteiger partial charge in [0.15, 0.2) is 0 Å². The molecule has 1 aromatic rings. The highest BCUT2D eigenvalue weighted by Gasteiger charge is 2.27. The number of likely N-dealkylation sites (tertiary alicyclic amines) is 1. The van der Waals surface area contributed by atoms with Crippen LogP contribution < -0.4 is 5.32 Å². The molecule has 1 atom stereocenters. The zero-order chi connectivity index (χ0) is 15.4. The average Bonchev–Trinajstić information content (AvgIpc) is 2.59. The van der Waals surface area contributed by atoms with Gasteiger partial charge < -0.3 is 5.32 Å². The summed E-state index contributed by atoms with van der Waals surface area (Å²) in [4.78, 5) is 25.7. The molecule has 0 aromatic heterocycles. The van der Waals surface area contributed by atoms with E-state index in [0.29, 0.717) is 19.4 Å². The molecule has 4 heteroatoms. The van der Waals surface area contributed by atoms with E-state index < -0.39 is 0 Å². The molecule has 1 unspecified atom stereocenters. The number of amides is 2. The van der Waals surface area contributed by atoms with Crippen molar-refractivity contribution in [2.75, 3.05) is 13.6 Å². The highest BCUT2D eigenvalue weighted by molar-refractivity contribution is 5.96. The van der Waals surface area contributed by atoms with Crippen molar-refractivity contribution in [3.05, 3.63) is 34.9 Å². The molecule has 4 nitrogen and oxygen atoms in total. The van der Waals surface area contributed by atoms with E-state index in [0.717, 1.165) is 18.4 Å². The van der Waals surface area contributed by atoms with E-state index in [2.05, 4.69) is 37.4 Å². The summed E-state index contributed by atoms with van der Waals surface area (Å²) in [5.74, 6) is -0.0787. The molecule has 1 N–H and O–H groups in total. The van der Waals surface area contributed by atoms with E-state index in [-0.39, 0.29) is 17.9 Å². The number of nitrogens with one attached hydrogen (secondary N) is 1. The van der Waals surface area contributed by atoms with Crippen LogP contribution in [0.5, 0.6) is 0 Å². The van der Waals surface area contributed by atoms with Gasteiger partial charge in [-0.15, -0.1) is 0 Å². The lowest BCUT2D eigenvalue weighted by Gasteiger charge is -2.26. The Morgan fingerprint density at radius 3 is 2.29 bits per heavy atom. The zero-order valence-electron chi connectivity index (χ0n) is 13.1. The molecule has 1 saturated heterocycles. The largest absolute Gasteiger partial charge is 0.312 e. The molecular weight excluding hydrogens is 264 g/mol. The molecule has 1 heterocycles. The normalized spacial score (nSPS) is 17.8. The Kier molecular flexibility index (Phi) is 5.12. The molecule has 114 valence electrons. The fourth-order valence-electron chi connectivity index (χ4n) is 2.91. The lowest BCUT2D eigenvalue weighted by atomic mass is 9.98. The van der Waals surface area contributed by atoms with Gasteiger partial charge in [-0.1, -0.05) is 23.8 Å². The van der Waals surface area contributed by atoms with Crippen molar-refractivity contribution in [3.8, 4) is 0 Å². The van der Waals surface area contributed by atoms with E-state index in [1.54, 1.807) is 0 Å². The predicted octanol–water partition coefficient (Wildman–Crippen LogP) is 2.49. The van der Waals surface area contributed by atoms with Crippen molar-refractivity contribution in [3.63, 3.8) is 0 Å². The van der Waals surface area contributed by atoms with Gasteiger partial charge in [-0.2, -0.15) is 0 Å². The van der Waals surface area contributed by atoms with Crippen LogP contribution in [-0.4, -0.2) is 30.3 Å². The Bertz CT molecular complexity index is 522. The number of aryl methyl sites for hydroxylation is 2. The van der Waals surface area contributed by atoms with Crippen LogP contribution in [0, 0.1) is 13.8 Å². The topological polar surface area (TPSA) is 49.4 Å². The number of hydrogen-bond acceptors (Lipinski definition) is 3. The van der Waals surface area contributed by atoms with Gasteiger partial charge in [-0.3, -0.25) is 14.5 Å². The molecule has 0 spiro atoms. The molecule has 0 aliphatic carbocycles. The van der Waals surface area contributed by atoms with Gasteiger partial charge >= 0.3 is 0 Å². The summed E-state index contributed by atoms with van der Waals surface area (Å²) in [7, 11) is 1.87. The zero-order valence-corrected chi connectivity index (χ0v) is 13.1. The second-order valence-electron chi connectivity index (χ2n) is 5.81. The smallest absolute Gasteiger partial charge is 0.229 e. The number of hydrogen-bond donors (Lipinski definition) is 1. The van der Waals surface area contributed by atoms with Gasteiger partial charge in [0.1, 0.15) is 0 Å². The predicted molar refractivity (Wildman–Crippen MR) is 82.9 cm³/mol. The molecule has 1 aliphatic heterocycles. The SMILES string of the molecule is CNC(CN1C(=O)CCCCC1=O)c1ccc(C)cc1C. The molecule has 2 rings (SSSR count). The van der Waals surface area contributed by atoms with Gasteiger partial charge in [-0.05, 0) is 44.9 Å². The standard InChI is InChI=1S/C17H24N2O2/c1-12-8-9-14(13(2)10-12)15(18-3)11-19-16(20)6-4-5-7-17(19)21/h8-10,15,18H,4-7,11H2,1-3H3. The minimum atomic E-state index is -0.0393. The Balaban J connectivity index is 2.21. The Morgan fingerprint density at radius 1 is 1.14 bits per heavy atom. The van der Waals surface area contributed by atoms with E-state index in [1.807, 2.05) is 7.05 Å². The maximum Gasteiger partial charge on any atom is 0.229 e. The number of carbonyl (C=O) groups is 2. The molecule has 21 heavy (non-hydrogen) atoms. The van der Waals surface area contributed by atoms with Crippen LogP contribution in [0.4, 0.5) is 0 Å². The number of imide groups is 1. The summed E-state index contributed by atoms with van der Waals surface area (Å²) in [5, 5.41) is 3.24. The lowest BCUT2D eigenvalue weighted by molar-refractivity contribution is -0.144. The Hall–Kier alpha value is -1.68. The molecule has 1 aromatic carbocycles. The Labute approximate surface area is 126 Å². The van der Waals surface area contributed by atoms with Crippen molar-refractivity contribution < 1.29 is 9.59 Å². The van der Waals surface area contributed by atoms with E-state index in [1.165, 1.54) is 16.0 Å². The summed E-state index contributed by atoms with van der Waals surface area (Å²) in [5.41, 5.74) is 3.55. The van der Waals surface area contributed by atoms with Crippen molar-refractivity contribution in [2.45, 2.75) is 45.6 Å². The first-order chi connectivity index (χ1) is 10.0. The number of likely N-dealkylation sites (N-methyl/N-ethyl adjacent to an activating group) is 1. The lowest BCUT2D eigenvalue weighted by Crippen LogP contribution is -2.41. The fraction of sp³-hybridized carbons (Fsp3) is 0.529. The van der Waals surface area contributed by atoms with Crippen molar-refractivity contribution >= 4 is 11.8 Å². The summed E-state index contributed by atoms with van der Waals surface area (Å²) in [6, 6.07) is 6.26. The van der Waals surface area contributed by atoms with Gasteiger partial charge in [0.2, 0.25) is 11.8 Å². The van der Waals surface area contributed by atoms with E-state index in [4.69, 9.17) is 0 Å². The quantitative estimate of drug-likeness (QED) is 0.866.